The number of ketones is 1. The van der Waals surface area contributed by atoms with Gasteiger partial charge < -0.3 is 30.0 Å². The third kappa shape index (κ3) is 7.35. The molecule has 2 amide bonds. The Balaban J connectivity index is 1.78. The number of rotatable bonds is 11. The highest BCUT2D eigenvalue weighted by molar-refractivity contribution is 6.11. The van der Waals surface area contributed by atoms with Crippen LogP contribution in [0.25, 0.3) is 0 Å². The monoisotopic (exact) mass is 588 g/mol. The van der Waals surface area contributed by atoms with E-state index in [-0.39, 0.29) is 12.5 Å². The van der Waals surface area contributed by atoms with E-state index in [1.807, 2.05) is 27.7 Å². The van der Waals surface area contributed by atoms with E-state index in [2.05, 4.69) is 10.6 Å². The van der Waals surface area contributed by atoms with Crippen LogP contribution in [0.3, 0.4) is 0 Å². The number of hydrogen-bond donors (Lipinski definition) is 3. The molecule has 4 unspecified atom stereocenters. The number of carbonyl (C=O) groups excluding carboxylic acids is 3. The normalized spacial score (nSPS) is 21.7. The summed E-state index contributed by atoms with van der Waals surface area (Å²) in [5, 5.41) is 17.4. The Morgan fingerprint density at radius 3 is 1.88 bits per heavy atom. The van der Waals surface area contributed by atoms with Gasteiger partial charge in [0.1, 0.15) is 28.9 Å². The van der Waals surface area contributed by atoms with Crippen molar-refractivity contribution in [3.63, 3.8) is 0 Å². The first-order valence-corrected chi connectivity index (χ1v) is 14.6. The summed E-state index contributed by atoms with van der Waals surface area (Å²) >= 11 is 0. The van der Waals surface area contributed by atoms with Crippen molar-refractivity contribution < 1.29 is 33.7 Å². The Hall–Kier alpha value is -4.37. The fraction of sp³-hybridized carbons (Fsp3) is 0.382. The number of ether oxygens (including phenoxy) is 3. The number of para-hydroxylation sites is 4. The van der Waals surface area contributed by atoms with E-state index in [9.17, 15) is 19.5 Å². The molecule has 4 rings (SSSR count). The van der Waals surface area contributed by atoms with Gasteiger partial charge in [-0.05, 0) is 76.6 Å². The molecular weight excluding hydrogens is 548 g/mol. The highest BCUT2D eigenvalue weighted by atomic mass is 16.5. The van der Waals surface area contributed by atoms with Crippen molar-refractivity contribution in [1.29, 1.82) is 0 Å². The zero-order valence-electron chi connectivity index (χ0n) is 25.3. The Morgan fingerprint density at radius 1 is 0.860 bits per heavy atom. The van der Waals surface area contributed by atoms with Gasteiger partial charge in [-0.25, -0.2) is 0 Å². The maximum Gasteiger partial charge on any atom is 0.235 e. The molecule has 1 saturated carbocycles. The van der Waals surface area contributed by atoms with Crippen LogP contribution in [0.4, 0.5) is 11.4 Å². The molecule has 1 aliphatic carbocycles. The summed E-state index contributed by atoms with van der Waals surface area (Å²) in [4.78, 5) is 41.7. The van der Waals surface area contributed by atoms with Crippen LogP contribution in [0.2, 0.25) is 0 Å². The Bertz CT molecular complexity index is 1430. The molecule has 4 atom stereocenters. The topological polar surface area (TPSA) is 123 Å². The molecule has 228 valence electrons. The molecule has 9 nitrogen and oxygen atoms in total. The van der Waals surface area contributed by atoms with Gasteiger partial charge in [-0.3, -0.25) is 14.4 Å². The average molecular weight is 589 g/mol. The lowest BCUT2D eigenvalue weighted by molar-refractivity contribution is -0.150. The summed E-state index contributed by atoms with van der Waals surface area (Å²) in [5.41, 5.74) is -0.376. The first kappa shape index (κ1) is 31.6. The number of benzene rings is 3. The minimum atomic E-state index is -1.75. The van der Waals surface area contributed by atoms with E-state index in [1.165, 1.54) is 6.92 Å². The molecule has 0 aromatic heterocycles. The van der Waals surface area contributed by atoms with Crippen LogP contribution in [0.15, 0.2) is 72.8 Å². The SMILES string of the molecule is CCOc1ccccc1NC(=O)C1C(=O)CC(C)(O)C(C(=O)Nc2ccccc2OCC)C1c1ccc(OC(C)C)cc1. The summed E-state index contributed by atoms with van der Waals surface area (Å²) in [6, 6.07) is 20.9. The molecule has 0 bridgehead atoms. The van der Waals surface area contributed by atoms with Crippen molar-refractivity contribution in [2.45, 2.75) is 58.7 Å². The van der Waals surface area contributed by atoms with Crippen molar-refractivity contribution in [2.75, 3.05) is 23.8 Å². The van der Waals surface area contributed by atoms with Gasteiger partial charge in [0.15, 0.2) is 0 Å². The molecule has 0 aliphatic heterocycles. The predicted molar refractivity (Wildman–Crippen MR) is 165 cm³/mol. The number of aliphatic hydroxyl groups is 1. The number of hydrogen-bond acceptors (Lipinski definition) is 7. The summed E-state index contributed by atoms with van der Waals surface area (Å²) < 4.78 is 17.1. The number of amides is 2. The highest BCUT2D eigenvalue weighted by Crippen LogP contribution is 2.47. The van der Waals surface area contributed by atoms with Gasteiger partial charge in [0.2, 0.25) is 11.8 Å². The smallest absolute Gasteiger partial charge is 0.235 e. The van der Waals surface area contributed by atoms with Crippen molar-refractivity contribution >= 4 is 29.0 Å². The molecule has 0 radical (unpaired) electrons. The van der Waals surface area contributed by atoms with E-state index in [1.54, 1.807) is 72.8 Å². The maximum absolute atomic E-state index is 14.1. The van der Waals surface area contributed by atoms with Crippen LogP contribution in [0.5, 0.6) is 17.2 Å². The van der Waals surface area contributed by atoms with Crippen LogP contribution in [0.1, 0.15) is 52.5 Å². The average Bonchev–Trinajstić information content (AvgIpc) is 2.94. The molecule has 3 N–H and O–H groups in total. The van der Waals surface area contributed by atoms with E-state index in [0.29, 0.717) is 47.4 Å². The first-order chi connectivity index (χ1) is 20.6. The molecule has 43 heavy (non-hydrogen) atoms. The Labute approximate surface area is 252 Å². The van der Waals surface area contributed by atoms with Crippen molar-refractivity contribution in [2.24, 2.45) is 11.8 Å². The van der Waals surface area contributed by atoms with E-state index < -0.39 is 41.0 Å². The van der Waals surface area contributed by atoms with Crippen molar-refractivity contribution in [3.05, 3.63) is 78.4 Å². The van der Waals surface area contributed by atoms with Gasteiger partial charge in [0, 0.05) is 12.3 Å². The summed E-state index contributed by atoms with van der Waals surface area (Å²) in [6.07, 6.45) is -0.440. The minimum Gasteiger partial charge on any atom is -0.492 e. The predicted octanol–water partition coefficient (Wildman–Crippen LogP) is 5.59. The molecule has 9 heteroatoms. The molecule has 0 spiro atoms. The summed E-state index contributed by atoms with van der Waals surface area (Å²) in [6.45, 7) is 9.73. The van der Waals surface area contributed by atoms with Gasteiger partial charge in [0.25, 0.3) is 0 Å². The van der Waals surface area contributed by atoms with Crippen LogP contribution in [-0.4, -0.2) is 47.6 Å². The van der Waals surface area contributed by atoms with E-state index in [0.717, 1.165) is 0 Å². The van der Waals surface area contributed by atoms with Gasteiger partial charge in [0.05, 0.1) is 42.2 Å². The second-order valence-corrected chi connectivity index (χ2v) is 11.1. The fourth-order valence-corrected chi connectivity index (χ4v) is 5.66. The standard InChI is InChI=1S/C34H40N2O7/c1-6-41-27-14-10-8-12-24(27)35-32(38)30-26(37)20-34(5,40)31(29(30)22-16-18-23(19-17-22)43-21(3)4)33(39)36-25-13-9-11-15-28(25)42-7-2/h8-19,21,29-31,40H,6-7,20H2,1-5H3,(H,35,38)(H,36,39). The fourth-order valence-electron chi connectivity index (χ4n) is 5.66. The Kier molecular flexibility index (Phi) is 10.1. The number of nitrogens with one attached hydrogen (secondary N) is 2. The van der Waals surface area contributed by atoms with Crippen LogP contribution >= 0.6 is 0 Å². The number of anilines is 2. The van der Waals surface area contributed by atoms with Gasteiger partial charge in [-0.1, -0.05) is 36.4 Å². The largest absolute Gasteiger partial charge is 0.492 e. The summed E-state index contributed by atoms with van der Waals surface area (Å²) in [5.74, 6) is -3.51. The lowest BCUT2D eigenvalue weighted by Crippen LogP contribution is -2.56. The molecule has 0 heterocycles. The molecule has 3 aromatic carbocycles. The zero-order valence-corrected chi connectivity index (χ0v) is 25.3. The number of carbonyl (C=O) groups is 3. The van der Waals surface area contributed by atoms with Crippen molar-refractivity contribution in [3.8, 4) is 17.2 Å². The third-order valence-corrected chi connectivity index (χ3v) is 7.36. The summed E-state index contributed by atoms with van der Waals surface area (Å²) in [7, 11) is 0. The highest BCUT2D eigenvalue weighted by Gasteiger charge is 2.56. The van der Waals surface area contributed by atoms with Crippen LogP contribution < -0.4 is 24.8 Å². The molecule has 0 saturated heterocycles. The minimum absolute atomic E-state index is 0.0595. The second kappa shape index (κ2) is 13.7. The van der Waals surface area contributed by atoms with E-state index in [4.69, 9.17) is 14.2 Å². The molecular formula is C34H40N2O7. The lowest BCUT2D eigenvalue weighted by atomic mass is 9.61. The van der Waals surface area contributed by atoms with Crippen molar-refractivity contribution in [1.82, 2.24) is 0 Å². The van der Waals surface area contributed by atoms with Gasteiger partial charge >= 0.3 is 0 Å². The third-order valence-electron chi connectivity index (χ3n) is 7.36. The van der Waals surface area contributed by atoms with E-state index >= 15 is 0 Å². The second-order valence-electron chi connectivity index (χ2n) is 11.1. The Morgan fingerprint density at radius 2 is 1.37 bits per heavy atom. The quantitative estimate of drug-likeness (QED) is 0.250. The molecule has 3 aromatic rings. The molecule has 1 aliphatic rings. The van der Waals surface area contributed by atoms with Gasteiger partial charge in [-0.2, -0.15) is 0 Å². The zero-order chi connectivity index (χ0) is 31.1. The lowest BCUT2D eigenvalue weighted by Gasteiger charge is -2.44. The van der Waals surface area contributed by atoms with Gasteiger partial charge in [-0.15, -0.1) is 0 Å². The molecule has 1 fully saturated rings. The first-order valence-electron chi connectivity index (χ1n) is 14.6. The number of Topliss-reactive ketones (excluding diaryl/α,β-unsaturated/α-hetero) is 1. The maximum atomic E-state index is 14.1. The van der Waals surface area contributed by atoms with Crippen LogP contribution in [-0.2, 0) is 14.4 Å². The van der Waals surface area contributed by atoms with Crippen LogP contribution in [0, 0.1) is 11.8 Å².